The number of carboxylic acid groups (broad SMARTS) is 1. The number of para-hydroxylation sites is 2. The van der Waals surface area contributed by atoms with Crippen LogP contribution in [0.5, 0.6) is 0 Å². The Kier molecular flexibility index (Phi) is 5.58. The summed E-state index contributed by atoms with van der Waals surface area (Å²) in [4.78, 5) is 38.3. The number of aromatic carboxylic acids is 1. The molecular weight excluding hydrogens is 478 g/mol. The van der Waals surface area contributed by atoms with Crippen LogP contribution in [0.2, 0.25) is 0 Å². The zero-order valence-corrected chi connectivity index (χ0v) is 20.0. The maximum absolute atomic E-state index is 13.5. The van der Waals surface area contributed by atoms with E-state index < -0.39 is 17.9 Å². The highest BCUT2D eigenvalue weighted by Gasteiger charge is 2.17. The lowest BCUT2D eigenvalue weighted by atomic mass is 10.1. The van der Waals surface area contributed by atoms with Gasteiger partial charge in [0.15, 0.2) is 0 Å². The van der Waals surface area contributed by atoms with E-state index in [4.69, 9.17) is 0 Å². The van der Waals surface area contributed by atoms with Crippen molar-refractivity contribution >= 4 is 61.9 Å². The van der Waals surface area contributed by atoms with Crippen molar-refractivity contribution in [3.8, 4) is 0 Å². The van der Waals surface area contributed by atoms with Crippen LogP contribution in [0.4, 0.5) is 16.2 Å². The Labute approximate surface area is 216 Å². The molecule has 0 aliphatic rings. The molecule has 0 bridgehead atoms. The van der Waals surface area contributed by atoms with Gasteiger partial charge in [-0.1, -0.05) is 66.7 Å². The molecule has 2 amide bonds. The van der Waals surface area contributed by atoms with Gasteiger partial charge in [-0.3, -0.25) is 9.36 Å². The largest absolute Gasteiger partial charge is 0.478 e. The topological polar surface area (TPSA) is 100 Å². The average molecular weight is 500 g/mol. The minimum Gasteiger partial charge on any atom is -0.478 e. The minimum atomic E-state index is -1.18. The molecule has 184 valence electrons. The van der Waals surface area contributed by atoms with Gasteiger partial charge < -0.3 is 15.7 Å². The van der Waals surface area contributed by atoms with Crippen molar-refractivity contribution in [1.82, 2.24) is 4.57 Å². The zero-order chi connectivity index (χ0) is 26.2. The van der Waals surface area contributed by atoms with Crippen molar-refractivity contribution in [3.05, 3.63) is 120 Å². The molecule has 0 saturated heterocycles. The van der Waals surface area contributed by atoms with Crippen molar-refractivity contribution in [2.24, 2.45) is 0 Å². The van der Waals surface area contributed by atoms with Crippen LogP contribution >= 0.6 is 0 Å². The fourth-order valence-electron chi connectivity index (χ4n) is 4.75. The Morgan fingerprint density at radius 2 is 1.16 bits per heavy atom. The van der Waals surface area contributed by atoms with E-state index in [9.17, 15) is 19.5 Å². The van der Waals surface area contributed by atoms with Gasteiger partial charge in [-0.05, 0) is 53.2 Å². The smallest absolute Gasteiger partial charge is 0.335 e. The molecule has 3 N–H and O–H groups in total. The van der Waals surface area contributed by atoms with Crippen LogP contribution in [0.25, 0.3) is 32.6 Å². The monoisotopic (exact) mass is 499 g/mol. The van der Waals surface area contributed by atoms with Gasteiger partial charge in [0.1, 0.15) is 0 Å². The summed E-state index contributed by atoms with van der Waals surface area (Å²) < 4.78 is 1.56. The number of fused-ring (bicyclic) bond motifs is 4. The van der Waals surface area contributed by atoms with Crippen molar-refractivity contribution < 1.29 is 19.5 Å². The molecule has 38 heavy (non-hydrogen) atoms. The fourth-order valence-corrected chi connectivity index (χ4v) is 4.75. The third-order valence-corrected chi connectivity index (χ3v) is 6.48. The highest BCUT2D eigenvalue weighted by atomic mass is 16.4. The number of hydrogen-bond acceptors (Lipinski definition) is 3. The highest BCUT2D eigenvalue weighted by Crippen LogP contribution is 2.29. The van der Waals surface area contributed by atoms with Crippen LogP contribution in [0.1, 0.15) is 20.7 Å². The van der Waals surface area contributed by atoms with Crippen molar-refractivity contribution in [2.45, 2.75) is 0 Å². The molecule has 1 aromatic heterocycles. The lowest BCUT2D eigenvalue weighted by molar-refractivity contribution is 0.0696. The number of nitrogens with zero attached hydrogens (tertiary/aromatic N) is 1. The SMILES string of the molecule is O=C(O)c1cc(NC(=O)c2ccc3ccccc3c2)cc(NC(=O)n2c3ccccc3c3ccccc32)c1. The van der Waals surface area contributed by atoms with E-state index in [2.05, 4.69) is 10.6 Å². The number of nitrogens with one attached hydrogen (secondary N) is 2. The first-order valence-corrected chi connectivity index (χ1v) is 12.0. The van der Waals surface area contributed by atoms with E-state index in [0.717, 1.165) is 32.6 Å². The number of aromatic nitrogens is 1. The summed E-state index contributed by atoms with van der Waals surface area (Å²) >= 11 is 0. The second-order valence-electron chi connectivity index (χ2n) is 8.92. The standard InChI is InChI=1S/C31H21N3O4/c35-29(21-14-13-19-7-1-2-8-20(19)15-21)32-23-16-22(30(36)37)17-24(18-23)33-31(38)34-27-11-5-3-9-25(27)26-10-4-6-12-28(26)34/h1-18H,(H,32,35)(H,33,38)(H,36,37). The average Bonchev–Trinajstić information content (AvgIpc) is 3.27. The molecule has 0 radical (unpaired) electrons. The molecule has 7 nitrogen and oxygen atoms in total. The molecule has 5 aromatic carbocycles. The van der Waals surface area contributed by atoms with Gasteiger partial charge in [0, 0.05) is 27.7 Å². The molecular formula is C31H21N3O4. The van der Waals surface area contributed by atoms with E-state index in [1.165, 1.54) is 18.2 Å². The second-order valence-corrected chi connectivity index (χ2v) is 8.92. The first kappa shape index (κ1) is 23.0. The quantitative estimate of drug-likeness (QED) is 0.244. The summed E-state index contributed by atoms with van der Waals surface area (Å²) in [5.74, 6) is -1.57. The van der Waals surface area contributed by atoms with Gasteiger partial charge in [-0.25, -0.2) is 9.59 Å². The molecule has 7 heteroatoms. The van der Waals surface area contributed by atoms with E-state index in [1.807, 2.05) is 78.9 Å². The highest BCUT2D eigenvalue weighted by molar-refractivity contribution is 6.15. The molecule has 6 rings (SSSR count). The Morgan fingerprint density at radius 1 is 0.579 bits per heavy atom. The maximum atomic E-state index is 13.5. The summed E-state index contributed by atoms with van der Waals surface area (Å²) in [7, 11) is 0. The van der Waals surface area contributed by atoms with Crippen LogP contribution in [-0.2, 0) is 0 Å². The minimum absolute atomic E-state index is 0.0705. The maximum Gasteiger partial charge on any atom is 0.335 e. The van der Waals surface area contributed by atoms with Gasteiger partial charge in [0.05, 0.1) is 16.6 Å². The molecule has 6 aromatic rings. The van der Waals surface area contributed by atoms with E-state index >= 15 is 0 Å². The van der Waals surface area contributed by atoms with Crippen molar-refractivity contribution in [2.75, 3.05) is 10.6 Å². The van der Waals surface area contributed by atoms with E-state index in [-0.39, 0.29) is 16.9 Å². The van der Waals surface area contributed by atoms with Gasteiger partial charge in [0.25, 0.3) is 5.91 Å². The van der Waals surface area contributed by atoms with Crippen molar-refractivity contribution in [3.63, 3.8) is 0 Å². The van der Waals surface area contributed by atoms with Crippen LogP contribution in [0.15, 0.2) is 109 Å². The van der Waals surface area contributed by atoms with Gasteiger partial charge >= 0.3 is 12.0 Å². The molecule has 0 spiro atoms. The zero-order valence-electron chi connectivity index (χ0n) is 20.0. The van der Waals surface area contributed by atoms with Crippen molar-refractivity contribution in [1.29, 1.82) is 0 Å². The summed E-state index contributed by atoms with van der Waals surface area (Å²) in [5.41, 5.74) is 2.31. The second kappa shape index (κ2) is 9.22. The van der Waals surface area contributed by atoms with E-state index in [1.54, 1.807) is 16.7 Å². The number of carboxylic acids is 1. The molecule has 0 fully saturated rings. The van der Waals surface area contributed by atoms with Crippen LogP contribution < -0.4 is 10.6 Å². The third kappa shape index (κ3) is 4.12. The van der Waals surface area contributed by atoms with Crippen LogP contribution in [0.3, 0.4) is 0 Å². The third-order valence-electron chi connectivity index (χ3n) is 6.48. The Hall–Kier alpha value is -5.43. The van der Waals surface area contributed by atoms with Crippen LogP contribution in [-0.4, -0.2) is 27.6 Å². The Morgan fingerprint density at radius 3 is 1.82 bits per heavy atom. The molecule has 0 aliphatic heterocycles. The molecule has 1 heterocycles. The molecule has 0 atom stereocenters. The number of benzene rings is 5. The molecule has 0 unspecified atom stereocenters. The first-order valence-electron chi connectivity index (χ1n) is 12.0. The predicted octanol–water partition coefficient (Wildman–Crippen LogP) is 6.98. The number of hydrogen-bond donors (Lipinski definition) is 3. The van der Waals surface area contributed by atoms with Gasteiger partial charge in [-0.15, -0.1) is 0 Å². The Bertz CT molecular complexity index is 1850. The number of rotatable bonds is 4. The number of amides is 2. The Balaban J connectivity index is 1.34. The van der Waals surface area contributed by atoms with Crippen LogP contribution in [0, 0.1) is 0 Å². The summed E-state index contributed by atoms with van der Waals surface area (Å²) in [6.45, 7) is 0. The summed E-state index contributed by atoms with van der Waals surface area (Å²) in [5, 5.41) is 19.0. The van der Waals surface area contributed by atoms with Gasteiger partial charge in [-0.2, -0.15) is 0 Å². The fraction of sp³-hybridized carbons (Fsp3) is 0. The molecule has 0 saturated carbocycles. The van der Waals surface area contributed by atoms with E-state index in [0.29, 0.717) is 5.56 Å². The predicted molar refractivity (Wildman–Crippen MR) is 149 cm³/mol. The number of anilines is 2. The van der Waals surface area contributed by atoms with Gasteiger partial charge in [0.2, 0.25) is 0 Å². The molecule has 0 aliphatic carbocycles. The summed E-state index contributed by atoms with van der Waals surface area (Å²) in [6.07, 6.45) is 0. The lowest BCUT2D eigenvalue weighted by Crippen LogP contribution is -2.20. The lowest BCUT2D eigenvalue weighted by Gasteiger charge is -2.12. The summed E-state index contributed by atoms with van der Waals surface area (Å²) in [6, 6.07) is 32.0. The number of carbonyl (C=O) groups excluding carboxylic acids is 2. The number of carbonyl (C=O) groups is 3. The first-order chi connectivity index (χ1) is 18.5. The normalized spacial score (nSPS) is 11.1.